The third-order valence-electron chi connectivity index (χ3n) is 3.43. The van der Waals surface area contributed by atoms with Gasteiger partial charge in [0, 0.05) is 10.8 Å². The number of rotatable bonds is 3. The van der Waals surface area contributed by atoms with Crippen LogP contribution in [0, 0.1) is 10.9 Å². The van der Waals surface area contributed by atoms with E-state index in [0.29, 0.717) is 15.8 Å². The number of carbonyl (C=O) groups is 2. The Labute approximate surface area is 145 Å². The molecule has 3 rings (SSSR count). The largest absolute Gasteiger partial charge is 0.548 e. The lowest BCUT2D eigenvalue weighted by atomic mass is 10.1. The number of carboxylic acids is 1. The van der Waals surface area contributed by atoms with Crippen LogP contribution in [0.3, 0.4) is 0 Å². The van der Waals surface area contributed by atoms with Crippen molar-refractivity contribution >= 4 is 47.6 Å². The van der Waals surface area contributed by atoms with Crippen LogP contribution in [-0.2, 0) is 16.1 Å². The molecule has 0 unspecified atom stereocenters. The first-order chi connectivity index (χ1) is 11.3. The molecule has 24 heavy (non-hydrogen) atoms. The molecule has 0 bridgehead atoms. The smallest absolute Gasteiger partial charge is 0.277 e. The van der Waals surface area contributed by atoms with E-state index in [2.05, 4.69) is 4.99 Å². The summed E-state index contributed by atoms with van der Waals surface area (Å²) < 4.78 is 1.23. The zero-order chi connectivity index (χ0) is 17.4. The maximum Gasteiger partial charge on any atom is 0.277 e. The Bertz CT molecular complexity index is 1080. The first-order valence-electron chi connectivity index (χ1n) is 6.91. The lowest BCUT2D eigenvalue weighted by Gasteiger charge is -2.05. The Morgan fingerprint density at radius 2 is 2.25 bits per heavy atom. The summed E-state index contributed by atoms with van der Waals surface area (Å²) in [5, 5.41) is 22.2. The Morgan fingerprint density at radius 1 is 1.50 bits per heavy atom. The minimum Gasteiger partial charge on any atom is -0.548 e. The van der Waals surface area contributed by atoms with Crippen molar-refractivity contribution in [3.8, 4) is 5.88 Å². The Balaban J connectivity index is 2.11. The molecule has 2 heterocycles. The van der Waals surface area contributed by atoms with Crippen molar-refractivity contribution in [2.45, 2.75) is 13.5 Å². The molecule has 6 nitrogen and oxygen atoms in total. The number of amides is 1. The summed E-state index contributed by atoms with van der Waals surface area (Å²) in [6.07, 6.45) is 3.14. The molecule has 0 spiro atoms. The highest BCUT2D eigenvalue weighted by Gasteiger charge is 2.15. The minimum atomic E-state index is -1.36. The summed E-state index contributed by atoms with van der Waals surface area (Å²) in [5.74, 6) is -2.10. The van der Waals surface area contributed by atoms with E-state index in [-0.39, 0.29) is 9.83 Å². The fourth-order valence-electron chi connectivity index (χ4n) is 2.32. The Morgan fingerprint density at radius 3 is 2.96 bits per heavy atom. The van der Waals surface area contributed by atoms with Gasteiger partial charge in [-0.15, -0.1) is 11.3 Å². The number of carbonyl (C=O) groups excluding carboxylic acids is 2. The van der Waals surface area contributed by atoms with E-state index < -0.39 is 18.4 Å². The summed E-state index contributed by atoms with van der Waals surface area (Å²) in [6.45, 7) is 1.39. The Kier molecular flexibility index (Phi) is 4.16. The Hall–Kier alpha value is -2.58. The van der Waals surface area contributed by atoms with Gasteiger partial charge in [-0.05, 0) is 43.4 Å². The number of aryl methyl sites for hydroxylation is 1. The van der Waals surface area contributed by atoms with E-state index in [1.807, 2.05) is 19.1 Å². The van der Waals surface area contributed by atoms with Gasteiger partial charge in [0.2, 0.25) is 5.88 Å². The number of aromatic hydroxyl groups is 1. The van der Waals surface area contributed by atoms with Gasteiger partial charge in [0.05, 0.1) is 22.7 Å². The first-order valence-corrected chi connectivity index (χ1v) is 8.13. The maximum absolute atomic E-state index is 12.1. The van der Waals surface area contributed by atoms with Crippen molar-refractivity contribution in [3.05, 3.63) is 48.7 Å². The predicted molar refractivity (Wildman–Crippen MR) is 89.2 cm³/mol. The highest BCUT2D eigenvalue weighted by molar-refractivity contribution is 7.73. The number of thiazole rings is 1. The predicted octanol–water partition coefficient (Wildman–Crippen LogP) is 0.0669. The van der Waals surface area contributed by atoms with E-state index in [9.17, 15) is 19.8 Å². The summed E-state index contributed by atoms with van der Waals surface area (Å²) in [7, 11) is 0. The molecule has 1 aliphatic heterocycles. The molecule has 0 fully saturated rings. The van der Waals surface area contributed by atoms with Crippen molar-refractivity contribution in [2.75, 3.05) is 0 Å². The second-order valence-electron chi connectivity index (χ2n) is 5.24. The molecule has 0 atom stereocenters. The van der Waals surface area contributed by atoms with Gasteiger partial charge in [0.1, 0.15) is 0 Å². The topological polar surface area (TPSA) is 94.7 Å². The average Bonchev–Trinajstić information content (AvgIpc) is 2.76. The van der Waals surface area contributed by atoms with Crippen LogP contribution in [0.5, 0.6) is 5.88 Å². The SMILES string of the molecule is Cc1ccc2c(c1)=C/C(=C\c1sc(=S)n(CC(=O)[O-])c1O)C(=O)N=2. The summed E-state index contributed by atoms with van der Waals surface area (Å²) >= 11 is 6.05. The molecular weight excluding hydrogens is 348 g/mol. The van der Waals surface area contributed by atoms with E-state index >= 15 is 0 Å². The highest BCUT2D eigenvalue weighted by Crippen LogP contribution is 2.28. The van der Waals surface area contributed by atoms with Crippen LogP contribution in [0.15, 0.2) is 28.8 Å². The molecule has 0 radical (unpaired) electrons. The standard InChI is InChI=1S/C16H12N2O4S2/c1-8-2-3-11-9(4-8)5-10(14(21)17-11)6-12-15(22)18(7-13(19)20)16(23)24-12/h2-6,22H,7H2,1H3,(H,19,20)/p-1/b10-6+. The second-order valence-corrected chi connectivity index (χ2v) is 6.91. The van der Waals surface area contributed by atoms with Gasteiger partial charge in [0.15, 0.2) is 3.95 Å². The van der Waals surface area contributed by atoms with Gasteiger partial charge >= 0.3 is 0 Å². The molecule has 8 heteroatoms. The van der Waals surface area contributed by atoms with Crippen molar-refractivity contribution < 1.29 is 19.8 Å². The molecule has 1 amide bonds. The molecular formula is C16H11N2O4S2-. The van der Waals surface area contributed by atoms with Crippen molar-refractivity contribution in [3.63, 3.8) is 0 Å². The van der Waals surface area contributed by atoms with Gasteiger partial charge in [-0.2, -0.15) is 0 Å². The van der Waals surface area contributed by atoms with Crippen LogP contribution in [0.2, 0.25) is 0 Å². The summed E-state index contributed by atoms with van der Waals surface area (Å²) in [5.41, 5.74) is 1.33. The molecule has 0 aliphatic carbocycles. The van der Waals surface area contributed by atoms with Crippen LogP contribution in [0.1, 0.15) is 10.4 Å². The molecule has 122 valence electrons. The van der Waals surface area contributed by atoms with Gasteiger partial charge in [-0.1, -0.05) is 11.6 Å². The third-order valence-corrected chi connectivity index (χ3v) is 4.82. The minimum absolute atomic E-state index is 0.181. The summed E-state index contributed by atoms with van der Waals surface area (Å²) in [6, 6.07) is 5.55. The van der Waals surface area contributed by atoms with Crippen molar-refractivity contribution in [1.29, 1.82) is 0 Å². The molecule has 1 aromatic heterocycles. The van der Waals surface area contributed by atoms with Gasteiger partial charge in [0.25, 0.3) is 5.91 Å². The number of fused-ring (bicyclic) bond motifs is 1. The normalized spacial score (nSPS) is 14.9. The van der Waals surface area contributed by atoms with Crippen LogP contribution < -0.4 is 15.7 Å². The molecule has 2 aromatic rings. The van der Waals surface area contributed by atoms with Crippen molar-refractivity contribution in [2.24, 2.45) is 4.99 Å². The fourth-order valence-corrected chi connectivity index (χ4v) is 3.57. The molecule has 1 aromatic carbocycles. The van der Waals surface area contributed by atoms with E-state index in [0.717, 1.165) is 26.7 Å². The number of benzene rings is 1. The molecule has 0 saturated heterocycles. The lowest BCUT2D eigenvalue weighted by molar-refractivity contribution is -0.306. The number of nitrogens with zero attached hydrogens (tertiary/aromatic N) is 2. The molecule has 1 N–H and O–H groups in total. The van der Waals surface area contributed by atoms with E-state index in [1.165, 1.54) is 6.08 Å². The van der Waals surface area contributed by atoms with E-state index in [1.54, 1.807) is 12.1 Å². The molecule has 0 saturated carbocycles. The van der Waals surface area contributed by atoms with Crippen LogP contribution in [0.25, 0.3) is 12.2 Å². The summed E-state index contributed by atoms with van der Waals surface area (Å²) in [4.78, 5) is 27.2. The number of hydrogen-bond donors (Lipinski definition) is 1. The van der Waals surface area contributed by atoms with Gasteiger partial charge in [-0.3, -0.25) is 9.36 Å². The third kappa shape index (κ3) is 3.06. The van der Waals surface area contributed by atoms with Crippen LogP contribution in [0.4, 0.5) is 0 Å². The number of hydrogen-bond acceptors (Lipinski definition) is 6. The fraction of sp³-hybridized carbons (Fsp3) is 0.125. The van der Waals surface area contributed by atoms with Gasteiger partial charge < -0.3 is 15.0 Å². The van der Waals surface area contributed by atoms with Crippen LogP contribution in [-0.4, -0.2) is 21.6 Å². The first kappa shape index (κ1) is 16.3. The van der Waals surface area contributed by atoms with Gasteiger partial charge in [-0.25, -0.2) is 4.99 Å². The van der Waals surface area contributed by atoms with Crippen molar-refractivity contribution in [1.82, 2.24) is 4.57 Å². The maximum atomic E-state index is 12.1. The second kappa shape index (κ2) is 6.14. The lowest BCUT2D eigenvalue weighted by Crippen LogP contribution is -2.30. The number of carboxylic acid groups (broad SMARTS) is 1. The number of aromatic nitrogens is 1. The average molecular weight is 359 g/mol. The monoisotopic (exact) mass is 359 g/mol. The zero-order valence-corrected chi connectivity index (χ0v) is 14.1. The molecule has 1 aliphatic rings. The highest BCUT2D eigenvalue weighted by atomic mass is 32.1. The quantitative estimate of drug-likeness (QED) is 0.618. The van der Waals surface area contributed by atoms with Crippen LogP contribution >= 0.6 is 23.6 Å². The van der Waals surface area contributed by atoms with E-state index in [4.69, 9.17) is 12.2 Å². The zero-order valence-electron chi connectivity index (χ0n) is 12.5. The number of aliphatic carboxylic acids is 1.